The van der Waals surface area contributed by atoms with Crippen LogP contribution in [0.2, 0.25) is 0 Å². The van der Waals surface area contributed by atoms with Crippen molar-refractivity contribution in [2.75, 3.05) is 5.33 Å². The van der Waals surface area contributed by atoms with E-state index in [1.165, 1.54) is 6.07 Å². The molecule has 3 nitrogen and oxygen atoms in total. The van der Waals surface area contributed by atoms with Crippen LogP contribution in [0, 0.1) is 3.57 Å². The molecule has 1 aromatic carbocycles. The molecular weight excluding hydrogens is 397 g/mol. The van der Waals surface area contributed by atoms with E-state index >= 15 is 0 Å². The van der Waals surface area contributed by atoms with E-state index in [-0.39, 0.29) is 17.2 Å². The van der Waals surface area contributed by atoms with Gasteiger partial charge in [0.1, 0.15) is 5.75 Å². The zero-order chi connectivity index (χ0) is 13.1. The van der Waals surface area contributed by atoms with Crippen LogP contribution in [0.25, 0.3) is 0 Å². The molecule has 0 atom stereocenters. The number of amides is 1. The van der Waals surface area contributed by atoms with E-state index in [2.05, 4.69) is 43.8 Å². The summed E-state index contributed by atoms with van der Waals surface area (Å²) in [6, 6.07) is 4.97. The Morgan fingerprint density at radius 2 is 2.18 bits per heavy atom. The molecule has 1 aromatic rings. The third-order valence-electron chi connectivity index (χ3n) is 2.37. The first-order valence-electron chi connectivity index (χ1n) is 5.23. The molecule has 1 amide bonds. The second-order valence-corrected chi connectivity index (χ2v) is 6.48. The van der Waals surface area contributed by atoms with Gasteiger partial charge in [0.25, 0.3) is 5.91 Å². The van der Waals surface area contributed by atoms with Crippen molar-refractivity contribution in [3.05, 3.63) is 27.3 Å². The average molecular weight is 412 g/mol. The lowest BCUT2D eigenvalue weighted by atomic mass is 10.0. The van der Waals surface area contributed by atoms with Crippen molar-refractivity contribution >= 4 is 44.4 Å². The van der Waals surface area contributed by atoms with Crippen molar-refractivity contribution in [1.29, 1.82) is 0 Å². The van der Waals surface area contributed by atoms with Gasteiger partial charge in [-0.2, -0.15) is 0 Å². The zero-order valence-electron chi connectivity index (χ0n) is 9.76. The molecule has 0 aliphatic carbocycles. The van der Waals surface area contributed by atoms with Crippen molar-refractivity contribution < 1.29 is 9.90 Å². The van der Waals surface area contributed by atoms with Gasteiger partial charge in [-0.3, -0.25) is 4.79 Å². The molecule has 0 radical (unpaired) electrons. The molecule has 2 N–H and O–H groups in total. The highest BCUT2D eigenvalue weighted by molar-refractivity contribution is 14.1. The highest BCUT2D eigenvalue weighted by atomic mass is 127. The first-order chi connectivity index (χ1) is 7.85. The quantitative estimate of drug-likeness (QED) is 0.590. The van der Waals surface area contributed by atoms with E-state index in [0.29, 0.717) is 5.56 Å². The fourth-order valence-electron chi connectivity index (χ4n) is 1.36. The van der Waals surface area contributed by atoms with Gasteiger partial charge in [0, 0.05) is 14.4 Å². The molecule has 0 saturated carbocycles. The molecule has 0 aliphatic heterocycles. The number of carbonyl (C=O) groups is 1. The summed E-state index contributed by atoms with van der Waals surface area (Å²) in [5, 5.41) is 13.4. The van der Waals surface area contributed by atoms with Crippen LogP contribution < -0.4 is 5.32 Å². The predicted molar refractivity (Wildman–Crippen MR) is 80.8 cm³/mol. The number of nitrogens with one attached hydrogen (secondary N) is 1. The van der Waals surface area contributed by atoms with Gasteiger partial charge in [-0.25, -0.2) is 0 Å². The number of phenolic OH excluding ortho intramolecular Hbond substituents is 1. The molecule has 0 fully saturated rings. The van der Waals surface area contributed by atoms with Gasteiger partial charge in [0.15, 0.2) is 0 Å². The number of hydrogen-bond acceptors (Lipinski definition) is 2. The fourth-order valence-corrected chi connectivity index (χ4v) is 2.85. The number of hydrogen-bond donors (Lipinski definition) is 2. The monoisotopic (exact) mass is 411 g/mol. The van der Waals surface area contributed by atoms with E-state index in [1.807, 2.05) is 13.8 Å². The van der Waals surface area contributed by atoms with Crippen LogP contribution in [0.1, 0.15) is 30.6 Å². The molecule has 17 heavy (non-hydrogen) atoms. The van der Waals surface area contributed by atoms with Crippen molar-refractivity contribution in [2.24, 2.45) is 0 Å². The van der Waals surface area contributed by atoms with Crippen LogP contribution in [0.4, 0.5) is 0 Å². The van der Waals surface area contributed by atoms with Crippen LogP contribution in [0.3, 0.4) is 0 Å². The number of aromatic hydroxyl groups is 1. The Bertz CT molecular complexity index is 421. The van der Waals surface area contributed by atoms with Crippen LogP contribution in [0.5, 0.6) is 5.75 Å². The second-order valence-electron chi connectivity index (χ2n) is 4.44. The number of carbonyl (C=O) groups excluding carboxylic acids is 1. The summed E-state index contributed by atoms with van der Waals surface area (Å²) in [7, 11) is 0. The Balaban J connectivity index is 2.86. The smallest absolute Gasteiger partial charge is 0.255 e. The molecular formula is C12H15BrINO2. The molecule has 5 heteroatoms. The van der Waals surface area contributed by atoms with Crippen molar-refractivity contribution in [3.63, 3.8) is 0 Å². The standard InChI is InChI=1S/C12H15BrINO2/c1-12(2,5-6-13)15-11(17)9-7-8(14)3-4-10(9)16/h3-4,7,16H,5-6H2,1-2H3,(H,15,17). The molecule has 0 saturated heterocycles. The van der Waals surface area contributed by atoms with E-state index in [1.54, 1.807) is 12.1 Å². The third kappa shape index (κ3) is 4.46. The number of halogens is 2. The highest BCUT2D eigenvalue weighted by Gasteiger charge is 2.22. The lowest BCUT2D eigenvalue weighted by molar-refractivity contribution is 0.0909. The summed E-state index contributed by atoms with van der Waals surface area (Å²) in [4.78, 5) is 12.0. The van der Waals surface area contributed by atoms with Gasteiger partial charge in [-0.15, -0.1) is 0 Å². The zero-order valence-corrected chi connectivity index (χ0v) is 13.5. The van der Waals surface area contributed by atoms with Gasteiger partial charge in [0.05, 0.1) is 5.56 Å². The minimum atomic E-state index is -0.297. The Kier molecular flexibility index (Phi) is 5.24. The van der Waals surface area contributed by atoms with Crippen LogP contribution in [-0.4, -0.2) is 21.9 Å². The van der Waals surface area contributed by atoms with Gasteiger partial charge in [-0.05, 0) is 61.1 Å². The first-order valence-corrected chi connectivity index (χ1v) is 7.43. The molecule has 0 aliphatic rings. The minimum Gasteiger partial charge on any atom is -0.507 e. The van der Waals surface area contributed by atoms with Crippen LogP contribution in [0.15, 0.2) is 18.2 Å². The number of rotatable bonds is 4. The normalized spacial score (nSPS) is 11.3. The van der Waals surface area contributed by atoms with Gasteiger partial charge < -0.3 is 10.4 Å². The Morgan fingerprint density at radius 1 is 1.53 bits per heavy atom. The minimum absolute atomic E-state index is 0.0116. The third-order valence-corrected chi connectivity index (χ3v) is 3.44. The average Bonchev–Trinajstić information content (AvgIpc) is 2.20. The van der Waals surface area contributed by atoms with Crippen molar-refractivity contribution in [1.82, 2.24) is 5.32 Å². The maximum Gasteiger partial charge on any atom is 0.255 e. The first kappa shape index (κ1) is 14.8. The van der Waals surface area contributed by atoms with Crippen molar-refractivity contribution in [2.45, 2.75) is 25.8 Å². The molecule has 0 spiro atoms. The highest BCUT2D eigenvalue weighted by Crippen LogP contribution is 2.21. The summed E-state index contributed by atoms with van der Waals surface area (Å²) in [5.41, 5.74) is 0.0217. The molecule has 1 rings (SSSR count). The Labute approximate surface area is 123 Å². The maximum absolute atomic E-state index is 12.0. The fraction of sp³-hybridized carbons (Fsp3) is 0.417. The largest absolute Gasteiger partial charge is 0.507 e. The van der Waals surface area contributed by atoms with Crippen LogP contribution >= 0.6 is 38.5 Å². The van der Waals surface area contributed by atoms with Gasteiger partial charge in [-0.1, -0.05) is 15.9 Å². The summed E-state index contributed by atoms with van der Waals surface area (Å²) in [6.45, 7) is 3.91. The van der Waals surface area contributed by atoms with Gasteiger partial charge >= 0.3 is 0 Å². The number of alkyl halides is 1. The van der Waals surface area contributed by atoms with E-state index in [0.717, 1.165) is 15.3 Å². The lowest BCUT2D eigenvalue weighted by Gasteiger charge is -2.25. The van der Waals surface area contributed by atoms with E-state index in [9.17, 15) is 9.90 Å². The topological polar surface area (TPSA) is 49.3 Å². The van der Waals surface area contributed by atoms with Crippen molar-refractivity contribution in [3.8, 4) is 5.75 Å². The number of phenols is 1. The predicted octanol–water partition coefficient (Wildman–Crippen LogP) is 3.29. The van der Waals surface area contributed by atoms with Gasteiger partial charge in [0.2, 0.25) is 0 Å². The molecule has 94 valence electrons. The molecule has 0 heterocycles. The summed E-state index contributed by atoms with van der Waals surface area (Å²) in [6.07, 6.45) is 0.823. The maximum atomic E-state index is 12.0. The van der Waals surface area contributed by atoms with E-state index in [4.69, 9.17) is 0 Å². The van der Waals surface area contributed by atoms with Crippen LogP contribution in [-0.2, 0) is 0 Å². The second kappa shape index (κ2) is 6.04. The lowest BCUT2D eigenvalue weighted by Crippen LogP contribution is -2.43. The van der Waals surface area contributed by atoms with E-state index < -0.39 is 0 Å². The molecule has 0 unspecified atom stereocenters. The molecule has 0 bridgehead atoms. The summed E-state index contributed by atoms with van der Waals surface area (Å²) in [5.74, 6) is -0.232. The molecule has 0 aromatic heterocycles. The summed E-state index contributed by atoms with van der Waals surface area (Å²) < 4.78 is 0.920. The Morgan fingerprint density at radius 3 is 2.76 bits per heavy atom. The summed E-state index contributed by atoms with van der Waals surface area (Å²) >= 11 is 5.47. The number of benzene rings is 1. The SMILES string of the molecule is CC(C)(CCBr)NC(=O)c1cc(I)ccc1O. The Hall–Kier alpha value is -0.300.